The third-order valence-electron chi connectivity index (χ3n) is 6.44. The van der Waals surface area contributed by atoms with Crippen molar-refractivity contribution in [2.75, 3.05) is 10.8 Å². The third kappa shape index (κ3) is 7.75. The van der Waals surface area contributed by atoms with Gasteiger partial charge in [0.2, 0.25) is 11.8 Å². The Morgan fingerprint density at radius 1 is 0.923 bits per heavy atom. The highest BCUT2D eigenvalue weighted by Gasteiger charge is 2.33. The number of carbonyl (C=O) groups excluding carboxylic acids is 2. The fraction of sp³-hybridized carbons (Fsp3) is 0.310. The molecule has 0 saturated heterocycles. The number of rotatable bonds is 11. The van der Waals surface area contributed by atoms with Crippen LogP contribution in [0, 0.1) is 6.92 Å². The SMILES string of the molecule is CC[C@H](C)NC(=O)[C@@H](C)N(Cc1ccccc1)C(=O)CN(c1ccc(Cl)c(Cl)c1)S(=O)(=O)c1ccc(C)cc1. The number of nitrogens with zero attached hydrogens (tertiary/aromatic N) is 2. The van der Waals surface area contributed by atoms with Crippen molar-refractivity contribution in [1.29, 1.82) is 0 Å². The topological polar surface area (TPSA) is 86.8 Å². The third-order valence-corrected chi connectivity index (χ3v) is 8.97. The summed E-state index contributed by atoms with van der Waals surface area (Å²) in [6.45, 7) is 6.89. The molecular formula is C29H33Cl2N3O4S. The first-order chi connectivity index (χ1) is 18.4. The van der Waals surface area contributed by atoms with E-state index in [0.717, 1.165) is 21.9 Å². The van der Waals surface area contributed by atoms with Crippen molar-refractivity contribution >= 4 is 50.7 Å². The van der Waals surface area contributed by atoms with Crippen LogP contribution in [0.15, 0.2) is 77.7 Å². The number of halogens is 2. The van der Waals surface area contributed by atoms with Gasteiger partial charge in [0.15, 0.2) is 0 Å². The summed E-state index contributed by atoms with van der Waals surface area (Å²) in [6.07, 6.45) is 0.727. The Morgan fingerprint density at radius 2 is 1.56 bits per heavy atom. The van der Waals surface area contributed by atoms with Crippen LogP contribution in [0.25, 0.3) is 0 Å². The van der Waals surface area contributed by atoms with Crippen molar-refractivity contribution in [1.82, 2.24) is 10.2 Å². The van der Waals surface area contributed by atoms with Gasteiger partial charge in [0.05, 0.1) is 20.6 Å². The molecule has 0 radical (unpaired) electrons. The summed E-state index contributed by atoms with van der Waals surface area (Å²) in [5.74, 6) is -0.872. The molecule has 0 bridgehead atoms. The first-order valence-corrected chi connectivity index (χ1v) is 14.8. The van der Waals surface area contributed by atoms with Gasteiger partial charge < -0.3 is 10.2 Å². The van der Waals surface area contributed by atoms with Crippen LogP contribution in [0.1, 0.15) is 38.3 Å². The zero-order valence-corrected chi connectivity index (χ0v) is 24.7. The lowest BCUT2D eigenvalue weighted by molar-refractivity contribution is -0.139. The number of sulfonamides is 1. The van der Waals surface area contributed by atoms with Crippen LogP contribution < -0.4 is 9.62 Å². The molecule has 208 valence electrons. The summed E-state index contributed by atoms with van der Waals surface area (Å²) in [4.78, 5) is 28.4. The van der Waals surface area contributed by atoms with E-state index >= 15 is 0 Å². The molecule has 0 aliphatic carbocycles. The van der Waals surface area contributed by atoms with Crippen molar-refractivity contribution in [3.8, 4) is 0 Å². The fourth-order valence-corrected chi connectivity index (χ4v) is 5.53. The predicted molar refractivity (Wildman–Crippen MR) is 157 cm³/mol. The summed E-state index contributed by atoms with van der Waals surface area (Å²) in [5.41, 5.74) is 1.87. The Bertz CT molecular complexity index is 1400. The number of carbonyl (C=O) groups is 2. The Kier molecular flexibility index (Phi) is 10.4. The van der Waals surface area contributed by atoms with Gasteiger partial charge in [0, 0.05) is 12.6 Å². The van der Waals surface area contributed by atoms with Crippen molar-refractivity contribution in [2.24, 2.45) is 0 Å². The van der Waals surface area contributed by atoms with Crippen LogP contribution >= 0.6 is 23.2 Å². The van der Waals surface area contributed by atoms with E-state index in [4.69, 9.17) is 23.2 Å². The lowest BCUT2D eigenvalue weighted by atomic mass is 10.1. The molecule has 1 N–H and O–H groups in total. The molecule has 0 saturated carbocycles. The van der Waals surface area contributed by atoms with Crippen LogP contribution in [-0.4, -0.2) is 43.8 Å². The average molecular weight is 591 g/mol. The van der Waals surface area contributed by atoms with Gasteiger partial charge in [-0.3, -0.25) is 13.9 Å². The lowest BCUT2D eigenvalue weighted by Gasteiger charge is -2.32. The Balaban J connectivity index is 2.04. The molecule has 3 aromatic rings. The molecule has 0 fully saturated rings. The van der Waals surface area contributed by atoms with Gasteiger partial charge >= 0.3 is 0 Å². The van der Waals surface area contributed by atoms with Crippen LogP contribution in [0.3, 0.4) is 0 Å². The number of hydrogen-bond donors (Lipinski definition) is 1. The van der Waals surface area contributed by atoms with Gasteiger partial charge in [-0.05, 0) is 63.1 Å². The molecule has 39 heavy (non-hydrogen) atoms. The second-order valence-electron chi connectivity index (χ2n) is 9.42. The largest absolute Gasteiger partial charge is 0.352 e. The standard InChI is InChI=1S/C29H33Cl2N3O4S/c1-5-21(3)32-29(36)22(4)33(18-23-9-7-6-8-10-23)28(35)19-34(24-13-16-26(30)27(31)17-24)39(37,38)25-14-11-20(2)12-15-25/h6-17,21-22H,5,18-19H2,1-4H3,(H,32,36)/t21-,22+/m0/s1. The molecule has 7 nitrogen and oxygen atoms in total. The van der Waals surface area contributed by atoms with Crippen LogP contribution in [0.2, 0.25) is 10.0 Å². The molecule has 0 spiro atoms. The van der Waals surface area contributed by atoms with Crippen molar-refractivity contribution < 1.29 is 18.0 Å². The van der Waals surface area contributed by atoms with Crippen LogP contribution in [-0.2, 0) is 26.2 Å². The molecular weight excluding hydrogens is 557 g/mol. The van der Waals surface area contributed by atoms with Crippen LogP contribution in [0.4, 0.5) is 5.69 Å². The van der Waals surface area contributed by atoms with E-state index in [1.807, 2.05) is 51.1 Å². The minimum Gasteiger partial charge on any atom is -0.352 e. The molecule has 2 amide bonds. The summed E-state index contributed by atoms with van der Waals surface area (Å²) in [5, 5.41) is 3.31. The predicted octanol–water partition coefficient (Wildman–Crippen LogP) is 5.83. The number of benzene rings is 3. The monoisotopic (exact) mass is 589 g/mol. The van der Waals surface area contributed by atoms with Gasteiger partial charge in [-0.1, -0.05) is 78.2 Å². The summed E-state index contributed by atoms with van der Waals surface area (Å²) in [7, 11) is -4.19. The van der Waals surface area contributed by atoms with Crippen molar-refractivity contribution in [3.05, 3.63) is 94.0 Å². The lowest BCUT2D eigenvalue weighted by Crippen LogP contribution is -2.52. The van der Waals surface area contributed by atoms with Crippen molar-refractivity contribution in [3.63, 3.8) is 0 Å². The number of hydrogen-bond acceptors (Lipinski definition) is 4. The molecule has 3 rings (SSSR count). The average Bonchev–Trinajstić information content (AvgIpc) is 2.92. The summed E-state index contributed by atoms with van der Waals surface area (Å²) in [6, 6.07) is 19.0. The number of nitrogens with one attached hydrogen (secondary N) is 1. The van der Waals surface area contributed by atoms with E-state index in [2.05, 4.69) is 5.32 Å². The maximum Gasteiger partial charge on any atom is 0.264 e. The smallest absolute Gasteiger partial charge is 0.264 e. The maximum atomic E-state index is 13.9. The van der Waals surface area contributed by atoms with Crippen molar-refractivity contribution in [2.45, 2.75) is 57.6 Å². The van der Waals surface area contributed by atoms with Gasteiger partial charge in [0.1, 0.15) is 12.6 Å². The second kappa shape index (κ2) is 13.3. The minimum absolute atomic E-state index is 0.0177. The molecule has 0 aliphatic rings. The molecule has 10 heteroatoms. The quantitative estimate of drug-likeness (QED) is 0.305. The number of aryl methyl sites for hydroxylation is 1. The van der Waals surface area contributed by atoms with Gasteiger partial charge in [0.25, 0.3) is 10.0 Å². The summed E-state index contributed by atoms with van der Waals surface area (Å²) < 4.78 is 28.7. The second-order valence-corrected chi connectivity index (χ2v) is 12.1. The van der Waals surface area contributed by atoms with Gasteiger partial charge in [-0.2, -0.15) is 0 Å². The van der Waals surface area contributed by atoms with E-state index in [1.165, 1.54) is 35.2 Å². The highest BCUT2D eigenvalue weighted by molar-refractivity contribution is 7.92. The van der Waals surface area contributed by atoms with Gasteiger partial charge in [-0.25, -0.2) is 8.42 Å². The highest BCUT2D eigenvalue weighted by atomic mass is 35.5. The molecule has 0 aromatic heterocycles. The molecule has 0 unspecified atom stereocenters. The highest BCUT2D eigenvalue weighted by Crippen LogP contribution is 2.31. The van der Waals surface area contributed by atoms with E-state index < -0.39 is 28.5 Å². The van der Waals surface area contributed by atoms with E-state index in [1.54, 1.807) is 19.1 Å². The summed E-state index contributed by atoms with van der Waals surface area (Å²) >= 11 is 12.3. The molecule has 3 aromatic carbocycles. The number of anilines is 1. The van der Waals surface area contributed by atoms with E-state index in [0.29, 0.717) is 0 Å². The number of amides is 2. The Morgan fingerprint density at radius 3 is 2.15 bits per heavy atom. The minimum atomic E-state index is -4.19. The molecule has 0 heterocycles. The normalized spacial score (nSPS) is 12.9. The Hall–Kier alpha value is -3.07. The maximum absolute atomic E-state index is 13.9. The Labute approximate surface area is 240 Å². The molecule has 2 atom stereocenters. The van der Waals surface area contributed by atoms with Crippen LogP contribution in [0.5, 0.6) is 0 Å². The first-order valence-electron chi connectivity index (χ1n) is 12.6. The van der Waals surface area contributed by atoms with E-state index in [-0.39, 0.29) is 39.1 Å². The van der Waals surface area contributed by atoms with E-state index in [9.17, 15) is 18.0 Å². The zero-order chi connectivity index (χ0) is 28.7. The van der Waals surface area contributed by atoms with Gasteiger partial charge in [-0.15, -0.1) is 0 Å². The fourth-order valence-electron chi connectivity index (χ4n) is 3.83. The molecule has 0 aliphatic heterocycles. The first kappa shape index (κ1) is 30.5. The zero-order valence-electron chi connectivity index (χ0n) is 22.4.